The molecule has 1 heterocycles. The molecular formula is C30H27N3O2. The quantitative estimate of drug-likeness (QED) is 0.271. The van der Waals surface area contributed by atoms with Crippen molar-refractivity contribution in [2.75, 3.05) is 7.11 Å². The number of methoxy groups -OCH3 is 1. The molecule has 0 aliphatic carbocycles. The van der Waals surface area contributed by atoms with Crippen LogP contribution < -0.4 is 10.1 Å². The van der Waals surface area contributed by atoms with Gasteiger partial charge in [0.25, 0.3) is 5.91 Å². The second-order valence-electron chi connectivity index (χ2n) is 8.28. The standard InChI is InChI=1S/C30H27N3O2/c1-21-17-26(18-27(19-31)30(34)32-20-23-9-15-29(35-3)16-10-23)22(2)33(21)28-13-11-25(12-14-28)24-7-5-4-6-8-24/h4-18H,20H2,1-3H3,(H,32,34)/b27-18+. The van der Waals surface area contributed by atoms with Crippen molar-refractivity contribution in [3.63, 3.8) is 0 Å². The number of aryl methyl sites for hydroxylation is 1. The number of hydrogen-bond acceptors (Lipinski definition) is 3. The Labute approximate surface area is 205 Å². The number of ether oxygens (including phenoxy) is 1. The molecule has 4 aromatic rings. The van der Waals surface area contributed by atoms with Gasteiger partial charge in [-0.3, -0.25) is 4.79 Å². The number of nitrogens with one attached hydrogen (secondary N) is 1. The van der Waals surface area contributed by atoms with Crippen LogP contribution >= 0.6 is 0 Å². The highest BCUT2D eigenvalue weighted by Crippen LogP contribution is 2.26. The van der Waals surface area contributed by atoms with Crippen molar-refractivity contribution < 1.29 is 9.53 Å². The van der Waals surface area contributed by atoms with Crippen LogP contribution in [0.1, 0.15) is 22.5 Å². The van der Waals surface area contributed by atoms with Crippen LogP contribution in [0.5, 0.6) is 5.75 Å². The van der Waals surface area contributed by atoms with Gasteiger partial charge in [0.2, 0.25) is 0 Å². The summed E-state index contributed by atoms with van der Waals surface area (Å²) in [5, 5.41) is 12.5. The van der Waals surface area contributed by atoms with E-state index in [9.17, 15) is 10.1 Å². The zero-order valence-electron chi connectivity index (χ0n) is 20.1. The summed E-state index contributed by atoms with van der Waals surface area (Å²) in [5.74, 6) is 0.350. The van der Waals surface area contributed by atoms with Gasteiger partial charge in [0.05, 0.1) is 7.11 Å². The molecule has 1 N–H and O–H groups in total. The summed E-state index contributed by atoms with van der Waals surface area (Å²) in [7, 11) is 1.61. The Kier molecular flexibility index (Phi) is 7.13. The monoisotopic (exact) mass is 461 g/mol. The molecule has 0 bridgehead atoms. The molecule has 3 aromatic carbocycles. The molecule has 35 heavy (non-hydrogen) atoms. The van der Waals surface area contributed by atoms with Crippen LogP contribution in [0.2, 0.25) is 0 Å². The van der Waals surface area contributed by atoms with Crippen molar-refractivity contribution in [1.82, 2.24) is 9.88 Å². The van der Waals surface area contributed by atoms with Crippen molar-refractivity contribution in [3.8, 4) is 28.6 Å². The van der Waals surface area contributed by atoms with Gasteiger partial charge in [-0.2, -0.15) is 5.26 Å². The number of nitrogens with zero attached hydrogens (tertiary/aromatic N) is 2. The first kappa shape index (κ1) is 23.6. The van der Waals surface area contributed by atoms with E-state index in [1.807, 2.05) is 68.4 Å². The molecule has 0 saturated carbocycles. The van der Waals surface area contributed by atoms with Crippen molar-refractivity contribution in [3.05, 3.63) is 113 Å². The molecule has 174 valence electrons. The molecule has 0 saturated heterocycles. The minimum atomic E-state index is -0.402. The smallest absolute Gasteiger partial charge is 0.262 e. The maximum atomic E-state index is 12.7. The van der Waals surface area contributed by atoms with E-state index in [0.717, 1.165) is 39.5 Å². The van der Waals surface area contributed by atoms with Gasteiger partial charge in [0, 0.05) is 23.6 Å². The number of carbonyl (C=O) groups excluding carboxylic acids is 1. The Balaban J connectivity index is 1.53. The average Bonchev–Trinajstić information content (AvgIpc) is 3.18. The Morgan fingerprint density at radius 1 is 0.971 bits per heavy atom. The fourth-order valence-electron chi connectivity index (χ4n) is 4.09. The normalized spacial score (nSPS) is 11.1. The molecule has 0 unspecified atom stereocenters. The Bertz CT molecular complexity index is 1390. The van der Waals surface area contributed by atoms with Crippen LogP contribution in [0.4, 0.5) is 0 Å². The molecule has 0 aliphatic heterocycles. The number of carbonyl (C=O) groups is 1. The lowest BCUT2D eigenvalue weighted by atomic mass is 10.1. The van der Waals surface area contributed by atoms with E-state index < -0.39 is 5.91 Å². The highest BCUT2D eigenvalue weighted by atomic mass is 16.5. The lowest BCUT2D eigenvalue weighted by Crippen LogP contribution is -2.23. The molecule has 0 fully saturated rings. The molecule has 0 atom stereocenters. The van der Waals surface area contributed by atoms with Crippen LogP contribution in [0.3, 0.4) is 0 Å². The number of nitriles is 1. The number of amides is 1. The molecule has 1 amide bonds. The number of rotatable bonds is 7. The highest BCUT2D eigenvalue weighted by Gasteiger charge is 2.14. The van der Waals surface area contributed by atoms with Gasteiger partial charge in [-0.25, -0.2) is 0 Å². The summed E-state index contributed by atoms with van der Waals surface area (Å²) in [6.07, 6.45) is 1.65. The van der Waals surface area contributed by atoms with Crippen LogP contribution in [0, 0.1) is 25.2 Å². The van der Waals surface area contributed by atoms with Gasteiger partial charge in [0.15, 0.2) is 0 Å². The first-order chi connectivity index (χ1) is 17.0. The van der Waals surface area contributed by atoms with E-state index in [2.05, 4.69) is 46.3 Å². The molecule has 0 radical (unpaired) electrons. The molecule has 5 heteroatoms. The summed E-state index contributed by atoms with van der Waals surface area (Å²) in [4.78, 5) is 12.7. The van der Waals surface area contributed by atoms with E-state index in [1.54, 1.807) is 13.2 Å². The minimum absolute atomic E-state index is 0.0678. The number of aromatic nitrogens is 1. The van der Waals surface area contributed by atoms with Gasteiger partial charge in [-0.05, 0) is 72.5 Å². The van der Waals surface area contributed by atoms with Crippen molar-refractivity contribution in [1.29, 1.82) is 5.26 Å². The second kappa shape index (κ2) is 10.6. The average molecular weight is 462 g/mol. The predicted octanol–water partition coefficient (Wildman–Crippen LogP) is 5.99. The van der Waals surface area contributed by atoms with E-state index in [-0.39, 0.29) is 5.57 Å². The SMILES string of the molecule is COc1ccc(CNC(=O)/C(C#N)=C/c2cc(C)n(-c3ccc(-c4ccccc4)cc3)c2C)cc1. The van der Waals surface area contributed by atoms with Crippen LogP contribution in [-0.4, -0.2) is 17.6 Å². The van der Waals surface area contributed by atoms with Crippen molar-refractivity contribution >= 4 is 12.0 Å². The molecule has 4 rings (SSSR count). The van der Waals surface area contributed by atoms with Crippen molar-refractivity contribution in [2.24, 2.45) is 0 Å². The zero-order valence-corrected chi connectivity index (χ0v) is 20.1. The molecule has 1 aromatic heterocycles. The Morgan fingerprint density at radius 3 is 2.26 bits per heavy atom. The van der Waals surface area contributed by atoms with Crippen LogP contribution in [-0.2, 0) is 11.3 Å². The summed E-state index contributed by atoms with van der Waals surface area (Å²) < 4.78 is 7.29. The summed E-state index contributed by atoms with van der Waals surface area (Å²) >= 11 is 0. The minimum Gasteiger partial charge on any atom is -0.497 e. The summed E-state index contributed by atoms with van der Waals surface area (Å²) in [6.45, 7) is 4.34. The zero-order chi connectivity index (χ0) is 24.8. The molecular weight excluding hydrogens is 434 g/mol. The van der Waals surface area contributed by atoms with Gasteiger partial charge in [0.1, 0.15) is 17.4 Å². The second-order valence-corrected chi connectivity index (χ2v) is 8.28. The van der Waals surface area contributed by atoms with Gasteiger partial charge < -0.3 is 14.6 Å². The highest BCUT2D eigenvalue weighted by molar-refractivity contribution is 6.01. The topological polar surface area (TPSA) is 67.0 Å². The van der Waals surface area contributed by atoms with Gasteiger partial charge in [-0.15, -0.1) is 0 Å². The van der Waals surface area contributed by atoms with Gasteiger partial charge >= 0.3 is 0 Å². The molecule has 5 nitrogen and oxygen atoms in total. The first-order valence-corrected chi connectivity index (χ1v) is 11.4. The first-order valence-electron chi connectivity index (χ1n) is 11.4. The molecule has 0 spiro atoms. The van der Waals surface area contributed by atoms with Crippen LogP contribution in [0.15, 0.2) is 90.5 Å². The fraction of sp³-hybridized carbons (Fsp3) is 0.133. The van der Waals surface area contributed by atoms with E-state index in [1.165, 1.54) is 5.56 Å². The Morgan fingerprint density at radius 2 is 1.63 bits per heavy atom. The lowest BCUT2D eigenvalue weighted by Gasteiger charge is -2.11. The number of benzene rings is 3. The maximum absolute atomic E-state index is 12.7. The summed E-state index contributed by atoms with van der Waals surface area (Å²) in [5.41, 5.74) is 7.17. The largest absolute Gasteiger partial charge is 0.497 e. The van der Waals surface area contributed by atoms with Crippen molar-refractivity contribution in [2.45, 2.75) is 20.4 Å². The Hall–Kier alpha value is -4.56. The van der Waals surface area contributed by atoms with E-state index >= 15 is 0 Å². The fourth-order valence-corrected chi connectivity index (χ4v) is 4.09. The van der Waals surface area contributed by atoms with E-state index in [4.69, 9.17) is 4.74 Å². The van der Waals surface area contributed by atoms with Crippen LogP contribution in [0.25, 0.3) is 22.9 Å². The maximum Gasteiger partial charge on any atom is 0.262 e. The third-order valence-corrected chi connectivity index (χ3v) is 5.98. The predicted molar refractivity (Wildman–Crippen MR) is 139 cm³/mol. The molecule has 0 aliphatic rings. The third kappa shape index (κ3) is 5.34. The van der Waals surface area contributed by atoms with E-state index in [0.29, 0.717) is 6.54 Å². The third-order valence-electron chi connectivity index (χ3n) is 5.98. The lowest BCUT2D eigenvalue weighted by molar-refractivity contribution is -0.117. The van der Waals surface area contributed by atoms with Gasteiger partial charge in [-0.1, -0.05) is 54.6 Å². The number of hydrogen-bond donors (Lipinski definition) is 1. The summed E-state index contributed by atoms with van der Waals surface area (Å²) in [6, 6.07) is 30.1.